The fourth-order valence-corrected chi connectivity index (χ4v) is 5.51. The normalized spacial score (nSPS) is 24.9. The van der Waals surface area contributed by atoms with Crippen molar-refractivity contribution in [1.82, 2.24) is 0 Å². The highest BCUT2D eigenvalue weighted by atomic mass is 16.3. The summed E-state index contributed by atoms with van der Waals surface area (Å²) in [7, 11) is 0. The Balaban J connectivity index is 1.62. The van der Waals surface area contributed by atoms with Crippen LogP contribution in [0.15, 0.2) is 59.1 Å². The molecule has 0 radical (unpaired) electrons. The van der Waals surface area contributed by atoms with E-state index in [-0.39, 0.29) is 36.1 Å². The molecule has 182 valence electrons. The Morgan fingerprint density at radius 3 is 2.39 bits per heavy atom. The lowest BCUT2D eigenvalue weighted by Crippen LogP contribution is -2.57. The molecule has 3 atom stereocenters. The van der Waals surface area contributed by atoms with Gasteiger partial charge in [0.2, 0.25) is 5.78 Å². The molecule has 0 saturated heterocycles. The number of aliphatic hydroxyl groups excluding tert-OH is 2. The van der Waals surface area contributed by atoms with Gasteiger partial charge in [0, 0.05) is 29.0 Å². The minimum absolute atomic E-state index is 0.0534. The Labute approximate surface area is 206 Å². The van der Waals surface area contributed by atoms with Gasteiger partial charge in [-0.1, -0.05) is 29.5 Å². The number of benzene rings is 2. The van der Waals surface area contributed by atoms with Crippen molar-refractivity contribution >= 4 is 17.5 Å². The van der Waals surface area contributed by atoms with Gasteiger partial charge >= 0.3 is 0 Å². The van der Waals surface area contributed by atoms with Gasteiger partial charge in [0.25, 0.3) is 5.91 Å². The summed E-state index contributed by atoms with van der Waals surface area (Å²) in [6.07, 6.45) is 0.0135. The Bertz CT molecular complexity index is 1490. The van der Waals surface area contributed by atoms with Gasteiger partial charge in [-0.2, -0.15) is 0 Å². The average molecular weight is 485 g/mol. The van der Waals surface area contributed by atoms with Gasteiger partial charge in [-0.25, -0.2) is 0 Å². The van der Waals surface area contributed by atoms with Crippen molar-refractivity contribution in [1.29, 1.82) is 0 Å². The van der Waals surface area contributed by atoms with E-state index in [0.717, 1.165) is 11.1 Å². The van der Waals surface area contributed by atoms with E-state index in [4.69, 9.17) is 5.73 Å². The molecule has 0 aliphatic heterocycles. The lowest BCUT2D eigenvalue weighted by molar-refractivity contribution is -0.144. The van der Waals surface area contributed by atoms with E-state index in [2.05, 4.69) is 11.8 Å². The first-order chi connectivity index (χ1) is 17.0. The number of rotatable bonds is 1. The monoisotopic (exact) mass is 485 g/mol. The number of phenolic OH excluding ortho intramolecular Hbond substituents is 1. The Morgan fingerprint density at radius 1 is 1.03 bits per heavy atom. The third kappa shape index (κ3) is 3.32. The van der Waals surface area contributed by atoms with E-state index in [9.17, 15) is 34.8 Å². The minimum Gasteiger partial charge on any atom is -0.511 e. The molecule has 0 aromatic heterocycles. The van der Waals surface area contributed by atoms with Crippen molar-refractivity contribution in [2.24, 2.45) is 17.6 Å². The van der Waals surface area contributed by atoms with Crippen LogP contribution in [-0.2, 0) is 16.0 Å². The van der Waals surface area contributed by atoms with Crippen LogP contribution in [0.4, 0.5) is 0 Å². The highest BCUT2D eigenvalue weighted by Crippen LogP contribution is 2.51. The molecule has 0 bridgehead atoms. The van der Waals surface area contributed by atoms with E-state index in [1.165, 1.54) is 6.07 Å². The number of fused-ring (bicyclic) bond motifs is 3. The molecule has 8 nitrogen and oxygen atoms in total. The highest BCUT2D eigenvalue weighted by Gasteiger charge is 2.59. The minimum atomic E-state index is -2.58. The zero-order valence-electron chi connectivity index (χ0n) is 19.3. The van der Waals surface area contributed by atoms with Gasteiger partial charge < -0.3 is 26.2 Å². The van der Waals surface area contributed by atoms with Gasteiger partial charge in [0.1, 0.15) is 22.8 Å². The number of hydrogen-bond donors (Lipinski definition) is 5. The zero-order chi connectivity index (χ0) is 25.9. The number of primary amides is 1. The highest BCUT2D eigenvalue weighted by molar-refractivity contribution is 6.24. The second-order valence-electron chi connectivity index (χ2n) is 9.51. The lowest BCUT2D eigenvalue weighted by Gasteiger charge is -2.45. The van der Waals surface area contributed by atoms with Crippen LogP contribution >= 0.6 is 0 Å². The molecule has 0 saturated carbocycles. The van der Waals surface area contributed by atoms with Gasteiger partial charge in [-0.3, -0.25) is 14.4 Å². The molecule has 8 heteroatoms. The van der Waals surface area contributed by atoms with Crippen molar-refractivity contribution in [2.75, 3.05) is 0 Å². The summed E-state index contributed by atoms with van der Waals surface area (Å²) >= 11 is 0. The number of aliphatic hydroxyl groups is 3. The maximum absolute atomic E-state index is 13.5. The van der Waals surface area contributed by atoms with Crippen LogP contribution in [0.5, 0.6) is 5.75 Å². The number of amides is 1. The summed E-state index contributed by atoms with van der Waals surface area (Å²) in [5.41, 5.74) is 4.51. The summed E-state index contributed by atoms with van der Waals surface area (Å²) in [4.78, 5) is 38.3. The summed E-state index contributed by atoms with van der Waals surface area (Å²) in [6, 6.07) is 10.6. The number of allylic oxidation sites excluding steroid dienone is 2. The summed E-state index contributed by atoms with van der Waals surface area (Å²) in [6.45, 7) is 1.97. The topological polar surface area (TPSA) is 158 Å². The predicted molar refractivity (Wildman–Crippen MR) is 128 cm³/mol. The summed E-state index contributed by atoms with van der Waals surface area (Å²) < 4.78 is 0. The SMILES string of the molecule is Cc1ccc(C#Cc2ccc(O)c3c2C[C@H]2C[C@H]4CC(O)=C(C(N)=O)C(=O)[C@@]4(O)C(O)=C2C3=O)cc1. The number of carbonyl (C=O) groups is 3. The van der Waals surface area contributed by atoms with Gasteiger partial charge in [-0.05, 0) is 55.5 Å². The number of aryl methyl sites for hydroxylation is 1. The molecule has 0 unspecified atom stereocenters. The van der Waals surface area contributed by atoms with Crippen LogP contribution in [0.25, 0.3) is 0 Å². The van der Waals surface area contributed by atoms with Crippen LogP contribution in [0.2, 0.25) is 0 Å². The van der Waals surface area contributed by atoms with Crippen molar-refractivity contribution in [3.05, 3.63) is 86.9 Å². The molecular weight excluding hydrogens is 462 g/mol. The molecule has 0 heterocycles. The number of Topliss-reactive ketones (excluding diaryl/α,β-unsaturated/α-hetero) is 2. The molecule has 3 aliphatic rings. The fraction of sp³-hybridized carbons (Fsp3) is 0.250. The molecule has 1 amide bonds. The quantitative estimate of drug-likeness (QED) is 0.306. The second-order valence-corrected chi connectivity index (χ2v) is 9.51. The van der Waals surface area contributed by atoms with Gasteiger partial charge in [0.15, 0.2) is 11.4 Å². The van der Waals surface area contributed by atoms with E-state index in [0.29, 0.717) is 11.1 Å². The van der Waals surface area contributed by atoms with Crippen molar-refractivity contribution in [3.8, 4) is 17.6 Å². The van der Waals surface area contributed by atoms with E-state index in [1.54, 1.807) is 6.07 Å². The van der Waals surface area contributed by atoms with Crippen LogP contribution in [0.1, 0.15) is 45.5 Å². The number of hydrogen-bond acceptors (Lipinski definition) is 7. The third-order valence-corrected chi connectivity index (χ3v) is 7.34. The number of aromatic hydroxyl groups is 1. The Kier molecular flexibility index (Phi) is 5.27. The third-order valence-electron chi connectivity index (χ3n) is 7.34. The van der Waals surface area contributed by atoms with E-state index in [1.807, 2.05) is 31.2 Å². The molecular formula is C28H23NO7. The van der Waals surface area contributed by atoms with Crippen molar-refractivity contribution < 1.29 is 34.8 Å². The summed E-state index contributed by atoms with van der Waals surface area (Å²) in [5, 5.41) is 43.1. The smallest absolute Gasteiger partial charge is 0.255 e. The molecule has 3 aliphatic carbocycles. The van der Waals surface area contributed by atoms with Crippen LogP contribution in [0.3, 0.4) is 0 Å². The largest absolute Gasteiger partial charge is 0.511 e. The first-order valence-corrected chi connectivity index (χ1v) is 11.4. The van der Waals surface area contributed by atoms with Crippen LogP contribution in [0, 0.1) is 30.6 Å². The first-order valence-electron chi connectivity index (χ1n) is 11.4. The molecule has 6 N–H and O–H groups in total. The van der Waals surface area contributed by atoms with Gasteiger partial charge in [-0.15, -0.1) is 0 Å². The lowest BCUT2D eigenvalue weighted by atomic mass is 9.60. The average Bonchev–Trinajstić information content (AvgIpc) is 2.81. The summed E-state index contributed by atoms with van der Waals surface area (Å²) in [5.74, 6) is -0.396. The second kappa shape index (κ2) is 8.11. The zero-order valence-corrected chi connectivity index (χ0v) is 19.3. The predicted octanol–water partition coefficient (Wildman–Crippen LogP) is 2.29. The number of ketones is 2. The maximum Gasteiger partial charge on any atom is 0.255 e. The molecule has 0 spiro atoms. The maximum atomic E-state index is 13.5. The Hall–Kier alpha value is -4.35. The van der Waals surface area contributed by atoms with E-state index >= 15 is 0 Å². The number of carbonyl (C=O) groups excluding carboxylic acids is 3. The van der Waals surface area contributed by atoms with Crippen LogP contribution in [-0.4, -0.2) is 43.5 Å². The molecule has 5 rings (SSSR count). The van der Waals surface area contributed by atoms with E-state index < -0.39 is 52.0 Å². The first kappa shape index (κ1) is 23.4. The Morgan fingerprint density at radius 2 is 1.72 bits per heavy atom. The van der Waals surface area contributed by atoms with Crippen molar-refractivity contribution in [2.45, 2.75) is 31.8 Å². The molecule has 2 aromatic rings. The number of phenols is 1. The van der Waals surface area contributed by atoms with Gasteiger partial charge in [0.05, 0.1) is 5.56 Å². The van der Waals surface area contributed by atoms with Crippen molar-refractivity contribution in [3.63, 3.8) is 0 Å². The molecule has 36 heavy (non-hydrogen) atoms. The standard InChI is InChI=1S/C28H23NO7/c1-13-2-4-14(5-3-13)6-7-15-8-9-19(30)22-18(15)11-16-10-17-12-20(31)23(27(29)35)26(34)28(17,36)25(33)21(16)24(22)32/h2-5,8-9,16-17,30-31,33,36H,10-12H2,1H3,(H2,29,35)/t16-,17+,28+/m1/s1. The van der Waals surface area contributed by atoms with Crippen LogP contribution < -0.4 is 5.73 Å². The number of nitrogens with two attached hydrogens (primary N) is 1. The fourth-order valence-electron chi connectivity index (χ4n) is 5.51. The molecule has 2 aromatic carbocycles. The molecule has 0 fully saturated rings.